The molecule has 0 saturated heterocycles. The molecule has 0 spiro atoms. The minimum atomic E-state index is 0.656. The van der Waals surface area contributed by atoms with Gasteiger partial charge in [0.1, 0.15) is 11.6 Å². The summed E-state index contributed by atoms with van der Waals surface area (Å²) in [5.41, 5.74) is 10.4. The molecular formula is C16H17N3O. The van der Waals surface area contributed by atoms with E-state index in [1.165, 1.54) is 11.1 Å². The van der Waals surface area contributed by atoms with E-state index in [4.69, 9.17) is 10.2 Å². The van der Waals surface area contributed by atoms with Gasteiger partial charge in [0.05, 0.1) is 18.5 Å². The van der Waals surface area contributed by atoms with Gasteiger partial charge >= 0.3 is 0 Å². The Kier molecular flexibility index (Phi) is 3.06. The normalized spacial score (nSPS) is 10.9. The van der Waals surface area contributed by atoms with Gasteiger partial charge in [0, 0.05) is 11.6 Å². The highest BCUT2D eigenvalue weighted by molar-refractivity contribution is 5.64. The van der Waals surface area contributed by atoms with E-state index in [0.717, 1.165) is 17.0 Å². The number of aryl methyl sites for hydroxylation is 2. The van der Waals surface area contributed by atoms with E-state index in [0.29, 0.717) is 12.4 Å². The summed E-state index contributed by atoms with van der Waals surface area (Å²) in [5, 5.41) is 4.58. The summed E-state index contributed by atoms with van der Waals surface area (Å²) in [6.45, 7) is 4.69. The molecule has 0 atom stereocenters. The third kappa shape index (κ3) is 2.20. The van der Waals surface area contributed by atoms with E-state index >= 15 is 0 Å². The molecule has 0 aliphatic heterocycles. The van der Waals surface area contributed by atoms with Gasteiger partial charge in [0.15, 0.2) is 0 Å². The quantitative estimate of drug-likeness (QED) is 0.791. The Labute approximate surface area is 117 Å². The SMILES string of the molecule is Cc1ccccc1Cn1nc(-c2ccoc2C)cc1N. The topological polar surface area (TPSA) is 57.0 Å². The fourth-order valence-corrected chi connectivity index (χ4v) is 2.29. The summed E-state index contributed by atoms with van der Waals surface area (Å²) < 4.78 is 7.14. The van der Waals surface area contributed by atoms with Crippen molar-refractivity contribution in [3.63, 3.8) is 0 Å². The van der Waals surface area contributed by atoms with Gasteiger partial charge in [-0.05, 0) is 31.0 Å². The minimum absolute atomic E-state index is 0.656. The van der Waals surface area contributed by atoms with Crippen LogP contribution in [-0.4, -0.2) is 9.78 Å². The molecule has 0 unspecified atom stereocenters. The molecule has 2 N–H and O–H groups in total. The molecule has 2 aromatic heterocycles. The number of rotatable bonds is 3. The van der Waals surface area contributed by atoms with Crippen LogP contribution in [0.5, 0.6) is 0 Å². The molecular weight excluding hydrogens is 250 g/mol. The Morgan fingerprint density at radius 2 is 2.00 bits per heavy atom. The van der Waals surface area contributed by atoms with Crippen molar-refractivity contribution in [2.45, 2.75) is 20.4 Å². The molecule has 4 heteroatoms. The van der Waals surface area contributed by atoms with E-state index in [9.17, 15) is 0 Å². The van der Waals surface area contributed by atoms with Crippen LogP contribution in [0.1, 0.15) is 16.9 Å². The lowest BCUT2D eigenvalue weighted by Crippen LogP contribution is -2.06. The largest absolute Gasteiger partial charge is 0.469 e. The van der Waals surface area contributed by atoms with Crippen LogP contribution in [0.15, 0.2) is 47.1 Å². The first-order valence-corrected chi connectivity index (χ1v) is 6.57. The molecule has 2 heterocycles. The molecule has 1 aromatic carbocycles. The Bertz CT molecular complexity index is 740. The van der Waals surface area contributed by atoms with Crippen molar-refractivity contribution in [1.82, 2.24) is 9.78 Å². The standard InChI is InChI=1S/C16H17N3O/c1-11-5-3-4-6-13(11)10-19-16(17)9-15(18-19)14-7-8-20-12(14)2/h3-9H,10,17H2,1-2H3. The van der Waals surface area contributed by atoms with E-state index in [1.807, 2.05) is 35.9 Å². The van der Waals surface area contributed by atoms with Crippen LogP contribution in [0.4, 0.5) is 5.82 Å². The number of furan rings is 1. The number of hydrogen-bond donors (Lipinski definition) is 1. The first-order valence-electron chi connectivity index (χ1n) is 6.57. The molecule has 0 aliphatic carbocycles. The minimum Gasteiger partial charge on any atom is -0.469 e. The zero-order valence-electron chi connectivity index (χ0n) is 11.6. The lowest BCUT2D eigenvalue weighted by Gasteiger charge is -2.07. The summed E-state index contributed by atoms with van der Waals surface area (Å²) in [4.78, 5) is 0. The van der Waals surface area contributed by atoms with E-state index in [2.05, 4.69) is 24.2 Å². The van der Waals surface area contributed by atoms with E-state index in [-0.39, 0.29) is 0 Å². The van der Waals surface area contributed by atoms with Crippen LogP contribution in [0.3, 0.4) is 0 Å². The lowest BCUT2D eigenvalue weighted by atomic mass is 10.1. The molecule has 20 heavy (non-hydrogen) atoms. The Hall–Kier alpha value is -2.49. The van der Waals surface area contributed by atoms with Crippen molar-refractivity contribution in [1.29, 1.82) is 0 Å². The molecule has 0 radical (unpaired) electrons. The molecule has 0 amide bonds. The number of nitrogens with two attached hydrogens (primary N) is 1. The van der Waals surface area contributed by atoms with Gasteiger partial charge in [0.25, 0.3) is 0 Å². The van der Waals surface area contributed by atoms with Gasteiger partial charge < -0.3 is 10.2 Å². The Morgan fingerprint density at radius 1 is 1.20 bits per heavy atom. The molecule has 4 nitrogen and oxygen atoms in total. The molecule has 3 aromatic rings. The summed E-state index contributed by atoms with van der Waals surface area (Å²) >= 11 is 0. The predicted octanol–water partition coefficient (Wildman–Crippen LogP) is 3.39. The smallest absolute Gasteiger partial charge is 0.122 e. The van der Waals surface area contributed by atoms with Crippen molar-refractivity contribution in [3.8, 4) is 11.3 Å². The van der Waals surface area contributed by atoms with Crippen molar-refractivity contribution >= 4 is 5.82 Å². The highest BCUT2D eigenvalue weighted by atomic mass is 16.3. The molecule has 0 fully saturated rings. The summed E-state index contributed by atoms with van der Waals surface area (Å²) in [6, 6.07) is 12.1. The predicted molar refractivity (Wildman–Crippen MR) is 79.4 cm³/mol. The third-order valence-electron chi connectivity index (χ3n) is 3.53. The van der Waals surface area contributed by atoms with Crippen molar-refractivity contribution in [3.05, 3.63) is 59.5 Å². The molecule has 3 rings (SSSR count). The zero-order valence-corrected chi connectivity index (χ0v) is 11.6. The van der Waals surface area contributed by atoms with Gasteiger partial charge in [-0.2, -0.15) is 5.10 Å². The summed E-state index contributed by atoms with van der Waals surface area (Å²) in [6.07, 6.45) is 1.67. The lowest BCUT2D eigenvalue weighted by molar-refractivity contribution is 0.535. The fourth-order valence-electron chi connectivity index (χ4n) is 2.29. The number of nitrogens with zero attached hydrogens (tertiary/aromatic N) is 2. The Balaban J connectivity index is 1.94. The van der Waals surface area contributed by atoms with Crippen LogP contribution in [-0.2, 0) is 6.54 Å². The number of nitrogen functional groups attached to an aromatic ring is 1. The Morgan fingerprint density at radius 3 is 2.70 bits per heavy atom. The van der Waals surface area contributed by atoms with Crippen LogP contribution >= 0.6 is 0 Å². The van der Waals surface area contributed by atoms with Crippen LogP contribution in [0.25, 0.3) is 11.3 Å². The first-order chi connectivity index (χ1) is 9.65. The molecule has 0 aliphatic rings. The maximum absolute atomic E-state index is 6.07. The van der Waals surface area contributed by atoms with Crippen LogP contribution in [0, 0.1) is 13.8 Å². The van der Waals surface area contributed by atoms with E-state index in [1.54, 1.807) is 6.26 Å². The van der Waals surface area contributed by atoms with Crippen LogP contribution < -0.4 is 5.73 Å². The second-order valence-electron chi connectivity index (χ2n) is 4.93. The third-order valence-corrected chi connectivity index (χ3v) is 3.53. The number of anilines is 1. The summed E-state index contributed by atoms with van der Waals surface area (Å²) in [7, 11) is 0. The average molecular weight is 267 g/mol. The fraction of sp³-hybridized carbons (Fsp3) is 0.188. The second-order valence-corrected chi connectivity index (χ2v) is 4.93. The molecule has 0 saturated carbocycles. The van der Waals surface area contributed by atoms with Gasteiger partial charge in [-0.25, -0.2) is 4.68 Å². The van der Waals surface area contributed by atoms with Crippen molar-refractivity contribution in [2.24, 2.45) is 0 Å². The maximum atomic E-state index is 6.07. The van der Waals surface area contributed by atoms with Crippen molar-refractivity contribution in [2.75, 3.05) is 5.73 Å². The van der Waals surface area contributed by atoms with Gasteiger partial charge in [-0.3, -0.25) is 0 Å². The summed E-state index contributed by atoms with van der Waals surface area (Å²) in [5.74, 6) is 1.51. The van der Waals surface area contributed by atoms with Gasteiger partial charge in [0.2, 0.25) is 0 Å². The van der Waals surface area contributed by atoms with Gasteiger partial charge in [-0.15, -0.1) is 0 Å². The zero-order chi connectivity index (χ0) is 14.1. The highest BCUT2D eigenvalue weighted by Crippen LogP contribution is 2.25. The van der Waals surface area contributed by atoms with Crippen molar-refractivity contribution < 1.29 is 4.42 Å². The molecule has 0 bridgehead atoms. The monoisotopic (exact) mass is 267 g/mol. The second kappa shape index (κ2) is 4.89. The van der Waals surface area contributed by atoms with Crippen LogP contribution in [0.2, 0.25) is 0 Å². The van der Waals surface area contributed by atoms with E-state index < -0.39 is 0 Å². The average Bonchev–Trinajstić information content (AvgIpc) is 2.99. The first kappa shape index (κ1) is 12.5. The number of hydrogen-bond acceptors (Lipinski definition) is 3. The highest BCUT2D eigenvalue weighted by Gasteiger charge is 2.11. The van der Waals surface area contributed by atoms with Gasteiger partial charge in [-0.1, -0.05) is 24.3 Å². The molecule has 102 valence electrons. The maximum Gasteiger partial charge on any atom is 0.122 e. The number of aromatic nitrogens is 2. The number of benzene rings is 1.